The van der Waals surface area contributed by atoms with E-state index in [-0.39, 0.29) is 18.5 Å². The lowest BCUT2D eigenvalue weighted by Gasteiger charge is -2.32. The molecule has 1 aromatic carbocycles. The maximum Gasteiger partial charge on any atom is 0.0824 e. The maximum absolute atomic E-state index is 6.01. The van der Waals surface area contributed by atoms with Gasteiger partial charge in [0, 0.05) is 35.7 Å². The van der Waals surface area contributed by atoms with Crippen LogP contribution in [0.1, 0.15) is 5.56 Å². The molecular weight excluding hydrogens is 339 g/mol. The molecule has 1 fully saturated rings. The largest absolute Gasteiger partial charge is 0.374 e. The van der Waals surface area contributed by atoms with Gasteiger partial charge in [-0.1, -0.05) is 27.5 Å². The van der Waals surface area contributed by atoms with Crippen molar-refractivity contribution in [2.24, 2.45) is 5.73 Å². The van der Waals surface area contributed by atoms with Crippen LogP contribution in [-0.2, 0) is 11.3 Å². The number of benzene rings is 1. The standard InChI is InChI=1S/C12H16BrClN2O.ClH/c13-12-2-1-10(14)5-9(12)7-16-3-4-17-11(6-15)8-16;/h1-2,5,11H,3-4,6-8,15H2;1H. The molecule has 0 spiro atoms. The van der Waals surface area contributed by atoms with Crippen LogP contribution in [0, 0.1) is 0 Å². The average molecular weight is 356 g/mol. The van der Waals surface area contributed by atoms with Crippen molar-refractivity contribution in [2.45, 2.75) is 12.6 Å². The lowest BCUT2D eigenvalue weighted by atomic mass is 10.2. The summed E-state index contributed by atoms with van der Waals surface area (Å²) in [6.45, 7) is 4.03. The SMILES string of the molecule is Cl.NCC1CN(Cc2cc(Cl)ccc2Br)CCO1. The fourth-order valence-corrected chi connectivity index (χ4v) is 2.54. The summed E-state index contributed by atoms with van der Waals surface area (Å²) >= 11 is 9.55. The Labute approximate surface area is 127 Å². The Morgan fingerprint density at radius 2 is 2.28 bits per heavy atom. The van der Waals surface area contributed by atoms with Crippen molar-refractivity contribution >= 4 is 39.9 Å². The zero-order chi connectivity index (χ0) is 12.3. The van der Waals surface area contributed by atoms with Gasteiger partial charge in [-0.3, -0.25) is 4.90 Å². The Bertz CT molecular complexity index is 392. The van der Waals surface area contributed by atoms with Crippen LogP contribution in [0.25, 0.3) is 0 Å². The summed E-state index contributed by atoms with van der Waals surface area (Å²) in [4.78, 5) is 2.34. The van der Waals surface area contributed by atoms with E-state index in [1.807, 2.05) is 18.2 Å². The highest BCUT2D eigenvalue weighted by Crippen LogP contribution is 2.23. The molecule has 6 heteroatoms. The highest BCUT2D eigenvalue weighted by molar-refractivity contribution is 9.10. The van der Waals surface area contributed by atoms with E-state index in [1.54, 1.807) is 0 Å². The second-order valence-electron chi connectivity index (χ2n) is 4.20. The molecule has 0 bridgehead atoms. The summed E-state index contributed by atoms with van der Waals surface area (Å²) in [5, 5.41) is 0.770. The third-order valence-electron chi connectivity index (χ3n) is 2.89. The van der Waals surface area contributed by atoms with E-state index in [2.05, 4.69) is 20.8 Å². The van der Waals surface area contributed by atoms with Crippen LogP contribution in [0.5, 0.6) is 0 Å². The van der Waals surface area contributed by atoms with E-state index >= 15 is 0 Å². The molecule has 1 aliphatic heterocycles. The summed E-state index contributed by atoms with van der Waals surface area (Å²) in [5.41, 5.74) is 6.83. The van der Waals surface area contributed by atoms with Crippen molar-refractivity contribution in [1.82, 2.24) is 4.90 Å². The summed E-state index contributed by atoms with van der Waals surface area (Å²) in [6, 6.07) is 5.87. The molecule has 3 nitrogen and oxygen atoms in total. The van der Waals surface area contributed by atoms with E-state index < -0.39 is 0 Å². The van der Waals surface area contributed by atoms with Crippen LogP contribution in [0.3, 0.4) is 0 Å². The predicted octanol–water partition coefficient (Wildman–Crippen LogP) is 2.68. The lowest BCUT2D eigenvalue weighted by Crippen LogP contribution is -2.45. The van der Waals surface area contributed by atoms with Gasteiger partial charge in [-0.15, -0.1) is 12.4 Å². The van der Waals surface area contributed by atoms with Crippen LogP contribution in [0.4, 0.5) is 0 Å². The third kappa shape index (κ3) is 4.37. The highest BCUT2D eigenvalue weighted by Gasteiger charge is 2.19. The molecule has 2 rings (SSSR count). The van der Waals surface area contributed by atoms with E-state index in [0.717, 1.165) is 35.7 Å². The molecule has 0 saturated carbocycles. The number of hydrogen-bond acceptors (Lipinski definition) is 3. The first-order valence-corrected chi connectivity index (χ1v) is 6.84. The van der Waals surface area contributed by atoms with E-state index in [4.69, 9.17) is 22.1 Å². The van der Waals surface area contributed by atoms with Gasteiger partial charge >= 0.3 is 0 Å². The first kappa shape index (κ1) is 16.2. The van der Waals surface area contributed by atoms with Gasteiger partial charge in [0.1, 0.15) is 0 Å². The van der Waals surface area contributed by atoms with Gasteiger partial charge in [0.25, 0.3) is 0 Å². The smallest absolute Gasteiger partial charge is 0.0824 e. The number of halogens is 3. The summed E-state index contributed by atoms with van der Waals surface area (Å²) in [7, 11) is 0. The monoisotopic (exact) mass is 354 g/mol. The molecule has 0 aliphatic carbocycles. The molecule has 2 N–H and O–H groups in total. The Hall–Kier alpha value is 0.160. The van der Waals surface area contributed by atoms with Crippen molar-refractivity contribution < 1.29 is 4.74 Å². The van der Waals surface area contributed by atoms with Crippen molar-refractivity contribution in [3.05, 3.63) is 33.3 Å². The third-order valence-corrected chi connectivity index (χ3v) is 3.90. The van der Waals surface area contributed by atoms with E-state index in [0.29, 0.717) is 6.54 Å². The number of nitrogens with zero attached hydrogens (tertiary/aromatic N) is 1. The molecule has 0 aromatic heterocycles. The molecule has 102 valence electrons. The normalized spacial score (nSPS) is 20.5. The molecule has 1 unspecified atom stereocenters. The van der Waals surface area contributed by atoms with Gasteiger partial charge in [0.2, 0.25) is 0 Å². The van der Waals surface area contributed by atoms with E-state index in [9.17, 15) is 0 Å². The number of ether oxygens (including phenoxy) is 1. The number of hydrogen-bond donors (Lipinski definition) is 1. The van der Waals surface area contributed by atoms with Crippen molar-refractivity contribution in [2.75, 3.05) is 26.2 Å². The highest BCUT2D eigenvalue weighted by atomic mass is 79.9. The Morgan fingerprint density at radius 1 is 1.50 bits per heavy atom. The van der Waals surface area contributed by atoms with Crippen LogP contribution >= 0.6 is 39.9 Å². The van der Waals surface area contributed by atoms with Gasteiger partial charge in [-0.25, -0.2) is 0 Å². The first-order valence-electron chi connectivity index (χ1n) is 5.67. The van der Waals surface area contributed by atoms with Gasteiger partial charge in [-0.2, -0.15) is 0 Å². The topological polar surface area (TPSA) is 38.5 Å². The van der Waals surface area contributed by atoms with Crippen molar-refractivity contribution in [1.29, 1.82) is 0 Å². The summed E-state index contributed by atoms with van der Waals surface area (Å²) in [5.74, 6) is 0. The predicted molar refractivity (Wildman–Crippen MR) is 80.5 cm³/mol. The van der Waals surface area contributed by atoms with Crippen LogP contribution < -0.4 is 5.73 Å². The summed E-state index contributed by atoms with van der Waals surface area (Å²) in [6.07, 6.45) is 0.154. The molecule has 0 radical (unpaired) electrons. The second-order valence-corrected chi connectivity index (χ2v) is 5.49. The van der Waals surface area contributed by atoms with Crippen LogP contribution in [0.2, 0.25) is 5.02 Å². The Morgan fingerprint density at radius 3 is 3.00 bits per heavy atom. The van der Waals surface area contributed by atoms with Crippen LogP contribution in [0.15, 0.2) is 22.7 Å². The summed E-state index contributed by atoms with van der Waals surface area (Å²) < 4.78 is 6.64. The second kappa shape index (κ2) is 7.68. The molecule has 18 heavy (non-hydrogen) atoms. The number of morpholine rings is 1. The molecule has 1 aromatic rings. The molecule has 0 amide bonds. The van der Waals surface area contributed by atoms with Crippen molar-refractivity contribution in [3.8, 4) is 0 Å². The lowest BCUT2D eigenvalue weighted by molar-refractivity contribution is -0.0261. The van der Waals surface area contributed by atoms with Gasteiger partial charge in [0.15, 0.2) is 0 Å². The van der Waals surface area contributed by atoms with Crippen molar-refractivity contribution in [3.63, 3.8) is 0 Å². The van der Waals surface area contributed by atoms with Gasteiger partial charge in [-0.05, 0) is 23.8 Å². The van der Waals surface area contributed by atoms with E-state index in [1.165, 1.54) is 5.56 Å². The number of nitrogens with two attached hydrogens (primary N) is 1. The minimum Gasteiger partial charge on any atom is -0.374 e. The fraction of sp³-hybridized carbons (Fsp3) is 0.500. The first-order chi connectivity index (χ1) is 8.19. The molecule has 1 atom stereocenters. The Balaban J connectivity index is 0.00000162. The molecule has 1 heterocycles. The number of rotatable bonds is 3. The zero-order valence-corrected chi connectivity index (χ0v) is 13.1. The average Bonchev–Trinajstić information content (AvgIpc) is 2.34. The maximum atomic E-state index is 6.01. The molecule has 1 aliphatic rings. The Kier molecular flexibility index (Phi) is 6.92. The molecule has 1 saturated heterocycles. The fourth-order valence-electron chi connectivity index (χ4n) is 1.97. The van der Waals surface area contributed by atoms with Crippen LogP contribution in [-0.4, -0.2) is 37.2 Å². The minimum atomic E-state index is 0. The van der Waals surface area contributed by atoms with Gasteiger partial charge in [0.05, 0.1) is 12.7 Å². The quantitative estimate of drug-likeness (QED) is 0.905. The zero-order valence-electron chi connectivity index (χ0n) is 9.94. The molecular formula is C12H17BrCl2N2O. The van der Waals surface area contributed by atoms with Gasteiger partial charge < -0.3 is 10.5 Å². The minimum absolute atomic E-state index is 0.